The Hall–Kier alpha value is -3.00. The van der Waals surface area contributed by atoms with Crippen LogP contribution in [0.15, 0.2) is 59.7 Å². The molecule has 4 rings (SSSR count). The maximum absolute atomic E-state index is 13.5. The van der Waals surface area contributed by atoms with Crippen LogP contribution in [0.1, 0.15) is 30.4 Å². The van der Waals surface area contributed by atoms with Gasteiger partial charge in [-0.15, -0.1) is 0 Å². The number of carbonyl (C=O) groups is 2. The first-order valence-corrected chi connectivity index (χ1v) is 12.2. The lowest BCUT2D eigenvalue weighted by atomic mass is 10.1. The van der Waals surface area contributed by atoms with Gasteiger partial charge >= 0.3 is 0 Å². The number of amides is 2. The number of benzene rings is 2. The standard InChI is InChI=1S/C23H25N3O4S/c1-17-7-9-19(10-8-17)25(15-18-5-3-2-4-6-18)23(28)21-11-12-22(27)26(24-21)20-13-14-31(29,30)16-20/h2-10,20H,11-16H2,1H3. The van der Waals surface area contributed by atoms with Crippen molar-refractivity contribution in [3.05, 3.63) is 65.7 Å². The zero-order chi connectivity index (χ0) is 22.0. The molecule has 8 heteroatoms. The molecule has 2 amide bonds. The van der Waals surface area contributed by atoms with Crippen molar-refractivity contribution in [3.63, 3.8) is 0 Å². The van der Waals surface area contributed by atoms with E-state index in [1.54, 1.807) is 4.90 Å². The topological polar surface area (TPSA) is 87.1 Å². The van der Waals surface area contributed by atoms with Gasteiger partial charge in [-0.05, 0) is 31.0 Å². The van der Waals surface area contributed by atoms with E-state index in [1.807, 2.05) is 61.5 Å². The average Bonchev–Trinajstić information content (AvgIpc) is 3.13. The number of nitrogens with zero attached hydrogens (tertiary/aromatic N) is 3. The molecule has 2 aliphatic rings. The Kier molecular flexibility index (Phi) is 5.91. The first kappa shape index (κ1) is 21.2. The van der Waals surface area contributed by atoms with Crippen LogP contribution in [0.25, 0.3) is 0 Å². The molecule has 31 heavy (non-hydrogen) atoms. The summed E-state index contributed by atoms with van der Waals surface area (Å²) in [5, 5.41) is 5.59. The van der Waals surface area contributed by atoms with Crippen molar-refractivity contribution in [2.24, 2.45) is 5.10 Å². The molecule has 1 atom stereocenters. The molecule has 0 aliphatic carbocycles. The van der Waals surface area contributed by atoms with Crippen LogP contribution in [0.4, 0.5) is 5.69 Å². The second-order valence-electron chi connectivity index (χ2n) is 8.05. The van der Waals surface area contributed by atoms with Gasteiger partial charge in [0.25, 0.3) is 5.91 Å². The van der Waals surface area contributed by atoms with Gasteiger partial charge in [0, 0.05) is 18.5 Å². The first-order valence-electron chi connectivity index (χ1n) is 10.3. The molecule has 0 saturated carbocycles. The Bertz CT molecular complexity index is 1110. The van der Waals surface area contributed by atoms with Crippen LogP contribution in [0, 0.1) is 6.92 Å². The molecule has 7 nitrogen and oxygen atoms in total. The highest BCUT2D eigenvalue weighted by Crippen LogP contribution is 2.24. The predicted molar refractivity (Wildman–Crippen MR) is 119 cm³/mol. The van der Waals surface area contributed by atoms with Crippen molar-refractivity contribution in [1.82, 2.24) is 5.01 Å². The number of anilines is 1. The Morgan fingerprint density at radius 1 is 1.10 bits per heavy atom. The van der Waals surface area contributed by atoms with Gasteiger partial charge in [-0.1, -0.05) is 48.0 Å². The Balaban J connectivity index is 1.64. The zero-order valence-corrected chi connectivity index (χ0v) is 18.2. The zero-order valence-electron chi connectivity index (χ0n) is 17.4. The van der Waals surface area contributed by atoms with Crippen LogP contribution in [0.2, 0.25) is 0 Å². The minimum absolute atomic E-state index is 0.0454. The predicted octanol–water partition coefficient (Wildman–Crippen LogP) is 2.69. The van der Waals surface area contributed by atoms with Crippen molar-refractivity contribution < 1.29 is 18.0 Å². The number of sulfone groups is 1. The molecule has 0 bridgehead atoms. The fraction of sp³-hybridized carbons (Fsp3) is 0.348. The molecule has 0 spiro atoms. The molecule has 2 heterocycles. The van der Waals surface area contributed by atoms with E-state index in [1.165, 1.54) is 5.01 Å². The Morgan fingerprint density at radius 3 is 2.45 bits per heavy atom. The van der Waals surface area contributed by atoms with Gasteiger partial charge in [-0.2, -0.15) is 5.10 Å². The summed E-state index contributed by atoms with van der Waals surface area (Å²) in [5.74, 6) is -0.561. The number of rotatable bonds is 5. The fourth-order valence-corrected chi connectivity index (χ4v) is 5.60. The fourth-order valence-electron chi connectivity index (χ4n) is 3.91. The van der Waals surface area contributed by atoms with Crippen LogP contribution in [0.5, 0.6) is 0 Å². The number of hydrogen-bond donors (Lipinski definition) is 0. The second-order valence-corrected chi connectivity index (χ2v) is 10.3. The van der Waals surface area contributed by atoms with Gasteiger partial charge in [0.1, 0.15) is 5.71 Å². The van der Waals surface area contributed by atoms with Crippen LogP contribution in [0.3, 0.4) is 0 Å². The molecule has 2 aliphatic heterocycles. The summed E-state index contributed by atoms with van der Waals surface area (Å²) in [7, 11) is -3.17. The summed E-state index contributed by atoms with van der Waals surface area (Å²) in [5.41, 5.74) is 3.09. The third-order valence-corrected chi connectivity index (χ3v) is 7.39. The highest BCUT2D eigenvalue weighted by Gasteiger charge is 2.38. The maximum Gasteiger partial charge on any atom is 0.274 e. The van der Waals surface area contributed by atoms with Crippen molar-refractivity contribution in [1.29, 1.82) is 0 Å². The third-order valence-electron chi connectivity index (χ3n) is 5.64. The van der Waals surface area contributed by atoms with Gasteiger partial charge in [0.05, 0.1) is 24.1 Å². The molecule has 0 aromatic heterocycles. The molecule has 162 valence electrons. The minimum Gasteiger partial charge on any atom is -0.303 e. The highest BCUT2D eigenvalue weighted by molar-refractivity contribution is 7.91. The molecule has 1 unspecified atom stereocenters. The molecule has 1 fully saturated rings. The lowest BCUT2D eigenvalue weighted by molar-refractivity contribution is -0.133. The van der Waals surface area contributed by atoms with Crippen LogP contribution in [-0.4, -0.2) is 48.5 Å². The van der Waals surface area contributed by atoms with Crippen LogP contribution >= 0.6 is 0 Å². The van der Waals surface area contributed by atoms with Gasteiger partial charge < -0.3 is 4.90 Å². The molecule has 0 radical (unpaired) electrons. The molecule has 0 N–H and O–H groups in total. The summed E-state index contributed by atoms with van der Waals surface area (Å²) in [6.45, 7) is 2.35. The molecule has 2 aromatic rings. The van der Waals surface area contributed by atoms with Gasteiger partial charge in [-0.3, -0.25) is 9.59 Å². The average molecular weight is 440 g/mol. The lowest BCUT2D eigenvalue weighted by Crippen LogP contribution is -2.45. The highest BCUT2D eigenvalue weighted by atomic mass is 32.2. The molecular weight excluding hydrogens is 414 g/mol. The summed E-state index contributed by atoms with van der Waals surface area (Å²) in [6.07, 6.45) is 0.740. The van der Waals surface area contributed by atoms with Gasteiger partial charge in [-0.25, -0.2) is 13.4 Å². The van der Waals surface area contributed by atoms with E-state index >= 15 is 0 Å². The van der Waals surface area contributed by atoms with Crippen molar-refractivity contribution >= 4 is 33.1 Å². The first-order chi connectivity index (χ1) is 14.8. The van der Waals surface area contributed by atoms with E-state index in [4.69, 9.17) is 0 Å². The quantitative estimate of drug-likeness (QED) is 0.717. The van der Waals surface area contributed by atoms with Crippen LogP contribution in [-0.2, 0) is 26.0 Å². The monoisotopic (exact) mass is 439 g/mol. The second kappa shape index (κ2) is 8.63. The van der Waals surface area contributed by atoms with E-state index in [0.29, 0.717) is 13.0 Å². The third kappa shape index (κ3) is 4.85. The SMILES string of the molecule is Cc1ccc(N(Cc2ccccc2)C(=O)C2=NN(C3CCS(=O)(=O)C3)C(=O)CC2)cc1. The van der Waals surface area contributed by atoms with E-state index in [-0.39, 0.29) is 41.9 Å². The van der Waals surface area contributed by atoms with Crippen molar-refractivity contribution in [3.8, 4) is 0 Å². The summed E-state index contributed by atoms with van der Waals surface area (Å²) in [6, 6.07) is 16.9. The smallest absolute Gasteiger partial charge is 0.274 e. The van der Waals surface area contributed by atoms with Gasteiger partial charge in [0.15, 0.2) is 9.84 Å². The number of hydrogen-bond acceptors (Lipinski definition) is 5. The van der Waals surface area contributed by atoms with E-state index < -0.39 is 15.9 Å². The van der Waals surface area contributed by atoms with Crippen molar-refractivity contribution in [2.45, 2.75) is 38.8 Å². The minimum atomic E-state index is -3.17. The Morgan fingerprint density at radius 2 is 1.81 bits per heavy atom. The summed E-state index contributed by atoms with van der Waals surface area (Å²) in [4.78, 5) is 27.6. The maximum atomic E-state index is 13.5. The van der Waals surface area contributed by atoms with E-state index in [2.05, 4.69) is 5.10 Å². The van der Waals surface area contributed by atoms with Crippen LogP contribution < -0.4 is 4.90 Å². The molecule has 2 aromatic carbocycles. The normalized spacial score (nSPS) is 20.4. The van der Waals surface area contributed by atoms with E-state index in [9.17, 15) is 18.0 Å². The largest absolute Gasteiger partial charge is 0.303 e. The number of carbonyl (C=O) groups excluding carboxylic acids is 2. The summed E-state index contributed by atoms with van der Waals surface area (Å²) >= 11 is 0. The molecular formula is C23H25N3O4S. The number of aryl methyl sites for hydroxylation is 1. The lowest BCUT2D eigenvalue weighted by Gasteiger charge is -2.30. The number of hydrazone groups is 1. The van der Waals surface area contributed by atoms with Gasteiger partial charge in [0.2, 0.25) is 5.91 Å². The Labute approximate surface area is 182 Å². The van der Waals surface area contributed by atoms with E-state index in [0.717, 1.165) is 16.8 Å². The van der Waals surface area contributed by atoms with Crippen molar-refractivity contribution in [2.75, 3.05) is 16.4 Å². The summed E-state index contributed by atoms with van der Waals surface area (Å²) < 4.78 is 23.7. The molecule has 1 saturated heterocycles.